The molecule has 1 aromatic heterocycles. The van der Waals surface area contributed by atoms with Crippen LogP contribution in [0.15, 0.2) is 48.8 Å². The predicted octanol–water partition coefficient (Wildman–Crippen LogP) is 5.89. The first-order chi connectivity index (χ1) is 17.5. The van der Waals surface area contributed by atoms with Gasteiger partial charge in [0, 0.05) is 46.5 Å². The van der Waals surface area contributed by atoms with E-state index in [2.05, 4.69) is 33.8 Å². The Bertz CT molecular complexity index is 1270. The minimum Gasteiger partial charge on any atom is -0.330 e. The molecule has 5 nitrogen and oxygen atoms in total. The first-order valence-corrected chi connectivity index (χ1v) is 13.5. The summed E-state index contributed by atoms with van der Waals surface area (Å²) in [5.41, 5.74) is 11.8. The fraction of sp³-hybridized carbons (Fsp3) is 0.448. The Morgan fingerprint density at radius 3 is 2.81 bits per heavy atom. The molecule has 188 valence electrons. The standard InChI is InChI=1S/C29H33ClFN5/c1-19-3-9-24-27(19)28(34-18-33-24)36-17-29(23-15-22(31)8-10-26(23)36)12-2-14-35(16-29)25(11-13-32)20-4-6-21(30)7-5-20/h4-8,10,15,18-19,25H,2-3,9,11-14,16-17,32H2,1H3/t19-,25+,29-/m1/s1. The molecule has 0 bridgehead atoms. The maximum absolute atomic E-state index is 14.7. The highest BCUT2D eigenvalue weighted by Crippen LogP contribution is 2.51. The van der Waals surface area contributed by atoms with E-state index in [1.807, 2.05) is 18.2 Å². The third-order valence-corrected chi connectivity index (χ3v) is 8.78. The van der Waals surface area contributed by atoms with Crippen LogP contribution in [0.1, 0.15) is 67.0 Å². The van der Waals surface area contributed by atoms with E-state index in [0.29, 0.717) is 12.5 Å². The monoisotopic (exact) mass is 505 g/mol. The Morgan fingerprint density at radius 1 is 1.17 bits per heavy atom. The highest BCUT2D eigenvalue weighted by atomic mass is 35.5. The summed E-state index contributed by atoms with van der Waals surface area (Å²) in [6.07, 6.45) is 6.74. The van der Waals surface area contributed by atoms with E-state index in [-0.39, 0.29) is 17.3 Å². The summed E-state index contributed by atoms with van der Waals surface area (Å²) in [6, 6.07) is 13.7. The molecule has 2 N–H and O–H groups in total. The van der Waals surface area contributed by atoms with Crippen LogP contribution in [-0.2, 0) is 11.8 Å². The molecule has 1 spiro atoms. The van der Waals surface area contributed by atoms with Crippen molar-refractivity contribution in [2.24, 2.45) is 5.73 Å². The molecule has 1 aliphatic carbocycles. The first kappa shape index (κ1) is 23.8. The molecule has 0 radical (unpaired) electrons. The number of aryl methyl sites for hydroxylation is 1. The highest BCUT2D eigenvalue weighted by Gasteiger charge is 2.48. The summed E-state index contributed by atoms with van der Waals surface area (Å²) >= 11 is 6.18. The molecular weight excluding hydrogens is 473 g/mol. The zero-order chi connectivity index (χ0) is 24.9. The Kier molecular flexibility index (Phi) is 6.22. The van der Waals surface area contributed by atoms with Crippen molar-refractivity contribution in [2.45, 2.75) is 56.4 Å². The molecule has 0 amide bonds. The van der Waals surface area contributed by atoms with Crippen molar-refractivity contribution in [1.29, 1.82) is 0 Å². The van der Waals surface area contributed by atoms with Crippen molar-refractivity contribution >= 4 is 23.1 Å². The summed E-state index contributed by atoms with van der Waals surface area (Å²) in [5, 5.41) is 0.739. The number of piperidine rings is 1. The van der Waals surface area contributed by atoms with E-state index in [0.717, 1.165) is 79.5 Å². The van der Waals surface area contributed by atoms with E-state index in [1.165, 1.54) is 11.1 Å². The van der Waals surface area contributed by atoms with E-state index in [9.17, 15) is 4.39 Å². The fourth-order valence-electron chi connectivity index (χ4n) is 6.85. The summed E-state index contributed by atoms with van der Waals surface area (Å²) in [4.78, 5) is 14.3. The Morgan fingerprint density at radius 2 is 2.00 bits per heavy atom. The lowest BCUT2D eigenvalue weighted by molar-refractivity contribution is 0.104. The number of hydrogen-bond donors (Lipinski definition) is 1. The zero-order valence-electron chi connectivity index (χ0n) is 20.8. The Labute approximate surface area is 217 Å². The molecular formula is C29H33ClFN5. The summed E-state index contributed by atoms with van der Waals surface area (Å²) in [7, 11) is 0. The average molecular weight is 506 g/mol. The number of nitrogens with zero attached hydrogens (tertiary/aromatic N) is 4. The van der Waals surface area contributed by atoms with Crippen LogP contribution < -0.4 is 10.6 Å². The van der Waals surface area contributed by atoms with Crippen molar-refractivity contribution in [3.05, 3.63) is 82.0 Å². The minimum atomic E-state index is -0.176. The van der Waals surface area contributed by atoms with E-state index in [1.54, 1.807) is 18.5 Å². The average Bonchev–Trinajstić information content (AvgIpc) is 3.41. The van der Waals surface area contributed by atoms with Gasteiger partial charge >= 0.3 is 0 Å². The van der Waals surface area contributed by atoms with Gasteiger partial charge in [0.05, 0.1) is 0 Å². The topological polar surface area (TPSA) is 58.3 Å². The van der Waals surface area contributed by atoms with E-state index < -0.39 is 0 Å². The van der Waals surface area contributed by atoms with Crippen molar-refractivity contribution in [3.8, 4) is 0 Å². The van der Waals surface area contributed by atoms with Gasteiger partial charge in [-0.3, -0.25) is 4.90 Å². The molecule has 3 atom stereocenters. The maximum atomic E-state index is 14.7. The van der Waals surface area contributed by atoms with Crippen LogP contribution >= 0.6 is 11.6 Å². The lowest BCUT2D eigenvalue weighted by Gasteiger charge is -2.44. The fourth-order valence-corrected chi connectivity index (χ4v) is 6.98. The van der Waals surface area contributed by atoms with Crippen LogP contribution in [0.5, 0.6) is 0 Å². The van der Waals surface area contributed by atoms with E-state index >= 15 is 0 Å². The molecule has 6 rings (SSSR count). The second-order valence-electron chi connectivity index (χ2n) is 10.7. The second-order valence-corrected chi connectivity index (χ2v) is 11.2. The number of anilines is 2. The molecule has 3 aromatic rings. The van der Waals surface area contributed by atoms with Gasteiger partial charge in [0.15, 0.2) is 0 Å². The van der Waals surface area contributed by atoms with Crippen molar-refractivity contribution in [1.82, 2.24) is 14.9 Å². The largest absolute Gasteiger partial charge is 0.330 e. The van der Waals surface area contributed by atoms with Gasteiger partial charge in [0.2, 0.25) is 0 Å². The molecule has 0 saturated carbocycles. The quantitative estimate of drug-likeness (QED) is 0.468. The van der Waals surface area contributed by atoms with Gasteiger partial charge in [0.1, 0.15) is 18.0 Å². The third kappa shape index (κ3) is 4.00. The van der Waals surface area contributed by atoms with Gasteiger partial charge in [-0.05, 0) is 92.6 Å². The van der Waals surface area contributed by atoms with Crippen LogP contribution in [-0.4, -0.2) is 41.0 Å². The molecule has 1 fully saturated rings. The first-order valence-electron chi connectivity index (χ1n) is 13.1. The van der Waals surface area contributed by atoms with Crippen LogP contribution in [0.2, 0.25) is 5.02 Å². The molecule has 36 heavy (non-hydrogen) atoms. The highest BCUT2D eigenvalue weighted by molar-refractivity contribution is 6.30. The number of fused-ring (bicyclic) bond motifs is 3. The Balaban J connectivity index is 1.40. The lowest BCUT2D eigenvalue weighted by Crippen LogP contribution is -2.49. The predicted molar refractivity (Wildman–Crippen MR) is 143 cm³/mol. The summed E-state index contributed by atoms with van der Waals surface area (Å²) in [6.45, 7) is 5.53. The van der Waals surface area contributed by atoms with Crippen LogP contribution in [0.25, 0.3) is 0 Å². The number of aromatic nitrogens is 2. The van der Waals surface area contributed by atoms with Gasteiger partial charge in [-0.1, -0.05) is 30.7 Å². The number of benzene rings is 2. The SMILES string of the molecule is C[C@@H]1CCc2ncnc(N3C[C@]4(CCCN([C@@H](CCN)c5ccc(Cl)cc5)C4)c4cc(F)ccc43)c21. The minimum absolute atomic E-state index is 0.172. The normalized spacial score (nSPS) is 24.2. The molecule has 1 saturated heterocycles. The second kappa shape index (κ2) is 9.40. The van der Waals surface area contributed by atoms with Gasteiger partial charge in [0.25, 0.3) is 0 Å². The number of rotatable bonds is 5. The Hall–Kier alpha value is -2.54. The molecule has 0 unspecified atom stereocenters. The molecule has 2 aliphatic heterocycles. The van der Waals surface area contributed by atoms with Crippen molar-refractivity contribution < 1.29 is 4.39 Å². The third-order valence-electron chi connectivity index (χ3n) is 8.53. The van der Waals surface area contributed by atoms with Crippen molar-refractivity contribution in [3.63, 3.8) is 0 Å². The van der Waals surface area contributed by atoms with Gasteiger partial charge < -0.3 is 10.6 Å². The zero-order valence-corrected chi connectivity index (χ0v) is 21.5. The van der Waals surface area contributed by atoms with Crippen LogP contribution in [0, 0.1) is 5.82 Å². The van der Waals surface area contributed by atoms with Crippen LogP contribution in [0.4, 0.5) is 15.9 Å². The lowest BCUT2D eigenvalue weighted by atomic mass is 9.75. The number of likely N-dealkylation sites (tertiary alicyclic amines) is 1. The molecule has 3 aliphatic rings. The van der Waals surface area contributed by atoms with Crippen molar-refractivity contribution in [2.75, 3.05) is 31.1 Å². The number of halogens is 2. The number of hydrogen-bond acceptors (Lipinski definition) is 5. The van der Waals surface area contributed by atoms with Gasteiger partial charge in [-0.15, -0.1) is 0 Å². The summed E-state index contributed by atoms with van der Waals surface area (Å²) in [5.74, 6) is 1.26. The smallest absolute Gasteiger partial charge is 0.140 e. The van der Waals surface area contributed by atoms with Gasteiger partial charge in [-0.2, -0.15) is 0 Å². The molecule has 3 heterocycles. The van der Waals surface area contributed by atoms with Gasteiger partial charge in [-0.25, -0.2) is 14.4 Å². The number of nitrogens with two attached hydrogens (primary N) is 1. The van der Waals surface area contributed by atoms with Crippen LogP contribution in [0.3, 0.4) is 0 Å². The summed E-state index contributed by atoms with van der Waals surface area (Å²) < 4.78 is 14.7. The molecule has 7 heteroatoms. The van der Waals surface area contributed by atoms with E-state index in [4.69, 9.17) is 22.3 Å². The molecule has 2 aromatic carbocycles. The maximum Gasteiger partial charge on any atom is 0.140 e.